The molecule has 0 aliphatic heterocycles. The molecule has 2 aromatic carbocycles. The first-order valence-electron chi connectivity index (χ1n) is 5.19. The Balaban J connectivity index is 0.00000144. The second kappa shape index (κ2) is 6.39. The Labute approximate surface area is 118 Å². The van der Waals surface area contributed by atoms with E-state index < -0.39 is 0 Å². The van der Waals surface area contributed by atoms with Crippen LogP contribution in [0, 0.1) is 6.92 Å². The van der Waals surface area contributed by atoms with Crippen molar-refractivity contribution in [1.82, 2.24) is 0 Å². The summed E-state index contributed by atoms with van der Waals surface area (Å²) in [7, 11) is 0. The van der Waals surface area contributed by atoms with Crippen LogP contribution in [-0.2, 0) is 0 Å². The summed E-state index contributed by atoms with van der Waals surface area (Å²) >= 11 is 0. The normalized spacial score (nSPS) is 9.24. The predicted molar refractivity (Wildman–Crippen MR) is 81.0 cm³/mol. The van der Waals surface area contributed by atoms with Crippen LogP contribution in [0.1, 0.15) is 15.9 Å². The van der Waals surface area contributed by atoms with Crippen LogP contribution in [0.15, 0.2) is 54.6 Å². The number of nitrogens with one attached hydrogen (secondary N) is 1. The van der Waals surface area contributed by atoms with E-state index in [4.69, 9.17) is 0 Å². The van der Waals surface area contributed by atoms with Crippen LogP contribution in [0.25, 0.3) is 0 Å². The first-order valence-corrected chi connectivity index (χ1v) is 5.19. The van der Waals surface area contributed by atoms with Gasteiger partial charge in [-0.25, -0.2) is 0 Å². The zero-order chi connectivity index (χ0) is 11.4. The van der Waals surface area contributed by atoms with Gasteiger partial charge in [0.05, 0.1) is 0 Å². The number of carbonyl (C=O) groups excluding carboxylic acids is 1. The smallest absolute Gasteiger partial charge is 0.255 e. The minimum atomic E-state index is -0.0792. The molecule has 0 atom stereocenters. The lowest BCUT2D eigenvalue weighted by molar-refractivity contribution is 0.102. The van der Waals surface area contributed by atoms with E-state index in [2.05, 4.69) is 5.32 Å². The third-order valence-corrected chi connectivity index (χ3v) is 2.35. The topological polar surface area (TPSA) is 29.1 Å². The highest BCUT2D eigenvalue weighted by molar-refractivity contribution is 14.0. The highest BCUT2D eigenvalue weighted by atomic mass is 127. The van der Waals surface area contributed by atoms with Crippen LogP contribution in [0.2, 0.25) is 0 Å². The molecule has 88 valence electrons. The molecule has 1 N–H and O–H groups in total. The van der Waals surface area contributed by atoms with Gasteiger partial charge in [-0.05, 0) is 31.2 Å². The average molecular weight is 339 g/mol. The molecule has 0 fully saturated rings. The molecule has 0 aliphatic carbocycles. The van der Waals surface area contributed by atoms with E-state index in [-0.39, 0.29) is 29.9 Å². The fraction of sp³-hybridized carbons (Fsp3) is 0.0714. The Morgan fingerprint density at radius 1 is 0.941 bits per heavy atom. The molecule has 0 aliphatic rings. The van der Waals surface area contributed by atoms with E-state index in [1.807, 2.05) is 49.4 Å². The second-order valence-electron chi connectivity index (χ2n) is 3.69. The monoisotopic (exact) mass is 339 g/mol. The molecular weight excluding hydrogens is 325 g/mol. The second-order valence-corrected chi connectivity index (χ2v) is 3.69. The number of aryl methyl sites for hydroxylation is 1. The van der Waals surface area contributed by atoms with E-state index in [9.17, 15) is 4.79 Å². The maximum absolute atomic E-state index is 11.8. The summed E-state index contributed by atoms with van der Waals surface area (Å²) in [6.07, 6.45) is 0. The number of rotatable bonds is 2. The Hall–Kier alpha value is -1.36. The molecule has 3 heteroatoms. The average Bonchev–Trinajstić information content (AvgIpc) is 2.33. The highest BCUT2D eigenvalue weighted by Crippen LogP contribution is 2.10. The molecule has 0 bridgehead atoms. The lowest BCUT2D eigenvalue weighted by Crippen LogP contribution is -2.11. The minimum absolute atomic E-state index is 0. The lowest BCUT2D eigenvalue weighted by Gasteiger charge is -2.05. The molecule has 0 unspecified atom stereocenters. The van der Waals surface area contributed by atoms with Gasteiger partial charge in [-0.1, -0.05) is 35.9 Å². The van der Waals surface area contributed by atoms with E-state index in [1.54, 1.807) is 12.1 Å². The number of halogens is 1. The van der Waals surface area contributed by atoms with Crippen molar-refractivity contribution < 1.29 is 4.79 Å². The largest absolute Gasteiger partial charge is 0.322 e. The van der Waals surface area contributed by atoms with Crippen LogP contribution in [0.3, 0.4) is 0 Å². The number of carbonyl (C=O) groups is 1. The van der Waals surface area contributed by atoms with Crippen LogP contribution >= 0.6 is 24.0 Å². The molecule has 0 spiro atoms. The lowest BCUT2D eigenvalue weighted by atomic mass is 10.2. The number of benzene rings is 2. The van der Waals surface area contributed by atoms with E-state index in [1.165, 1.54) is 5.56 Å². The first-order chi connectivity index (χ1) is 7.75. The quantitative estimate of drug-likeness (QED) is 0.827. The molecule has 2 rings (SSSR count). The Kier molecular flexibility index (Phi) is 5.15. The zero-order valence-electron chi connectivity index (χ0n) is 9.51. The summed E-state index contributed by atoms with van der Waals surface area (Å²) in [6, 6.07) is 16.9. The van der Waals surface area contributed by atoms with Crippen molar-refractivity contribution in [1.29, 1.82) is 0 Å². The van der Waals surface area contributed by atoms with Crippen molar-refractivity contribution in [2.24, 2.45) is 0 Å². The van der Waals surface area contributed by atoms with Crippen LogP contribution in [-0.4, -0.2) is 5.91 Å². The standard InChI is InChI=1S/C14H13NO.HI/c1-11-7-9-13(10-8-11)15-14(16)12-5-3-2-4-6-12;/h2-10H,1H3,(H,15,16);1H. The Bertz CT molecular complexity index is 479. The molecule has 0 heterocycles. The maximum atomic E-state index is 11.8. The Morgan fingerprint density at radius 2 is 1.53 bits per heavy atom. The van der Waals surface area contributed by atoms with Crippen molar-refractivity contribution >= 4 is 35.6 Å². The van der Waals surface area contributed by atoms with Gasteiger partial charge in [0.2, 0.25) is 0 Å². The summed E-state index contributed by atoms with van der Waals surface area (Å²) in [5.41, 5.74) is 2.67. The summed E-state index contributed by atoms with van der Waals surface area (Å²) in [5, 5.41) is 2.85. The molecular formula is C14H14INO. The van der Waals surface area contributed by atoms with Gasteiger partial charge < -0.3 is 5.32 Å². The number of hydrogen-bond donors (Lipinski definition) is 1. The van der Waals surface area contributed by atoms with Gasteiger partial charge in [-0.15, -0.1) is 24.0 Å². The summed E-state index contributed by atoms with van der Waals surface area (Å²) in [4.78, 5) is 11.8. The molecule has 2 aromatic rings. The first kappa shape index (κ1) is 13.7. The van der Waals surface area contributed by atoms with Crippen LogP contribution in [0.4, 0.5) is 5.69 Å². The van der Waals surface area contributed by atoms with Gasteiger partial charge >= 0.3 is 0 Å². The van der Waals surface area contributed by atoms with Gasteiger partial charge in [0, 0.05) is 11.3 Å². The van der Waals surface area contributed by atoms with E-state index in [0.29, 0.717) is 5.56 Å². The van der Waals surface area contributed by atoms with Gasteiger partial charge in [-0.2, -0.15) is 0 Å². The molecule has 17 heavy (non-hydrogen) atoms. The van der Waals surface area contributed by atoms with Crippen molar-refractivity contribution in [2.75, 3.05) is 5.32 Å². The number of amides is 1. The SMILES string of the molecule is Cc1ccc(NC(=O)c2ccccc2)cc1.I. The van der Waals surface area contributed by atoms with Gasteiger partial charge in [0.25, 0.3) is 5.91 Å². The number of anilines is 1. The maximum Gasteiger partial charge on any atom is 0.255 e. The zero-order valence-corrected chi connectivity index (χ0v) is 11.8. The molecule has 0 radical (unpaired) electrons. The van der Waals surface area contributed by atoms with Crippen molar-refractivity contribution in [3.05, 3.63) is 65.7 Å². The number of hydrogen-bond acceptors (Lipinski definition) is 1. The van der Waals surface area contributed by atoms with Crippen molar-refractivity contribution in [3.63, 3.8) is 0 Å². The van der Waals surface area contributed by atoms with Gasteiger partial charge in [0.15, 0.2) is 0 Å². The summed E-state index contributed by atoms with van der Waals surface area (Å²) < 4.78 is 0. The summed E-state index contributed by atoms with van der Waals surface area (Å²) in [6.45, 7) is 2.02. The molecule has 0 aromatic heterocycles. The predicted octanol–water partition coefficient (Wildman–Crippen LogP) is 3.87. The third kappa shape index (κ3) is 3.85. The molecule has 0 saturated heterocycles. The fourth-order valence-electron chi connectivity index (χ4n) is 1.43. The van der Waals surface area contributed by atoms with E-state index >= 15 is 0 Å². The molecule has 1 amide bonds. The van der Waals surface area contributed by atoms with Crippen LogP contribution < -0.4 is 5.32 Å². The third-order valence-electron chi connectivity index (χ3n) is 2.35. The Morgan fingerprint density at radius 3 is 2.12 bits per heavy atom. The van der Waals surface area contributed by atoms with E-state index in [0.717, 1.165) is 5.69 Å². The summed E-state index contributed by atoms with van der Waals surface area (Å²) in [5.74, 6) is -0.0792. The fourth-order valence-corrected chi connectivity index (χ4v) is 1.43. The molecule has 0 saturated carbocycles. The molecule has 2 nitrogen and oxygen atoms in total. The van der Waals surface area contributed by atoms with Gasteiger partial charge in [0.1, 0.15) is 0 Å². The van der Waals surface area contributed by atoms with Crippen molar-refractivity contribution in [2.45, 2.75) is 6.92 Å². The minimum Gasteiger partial charge on any atom is -0.322 e. The highest BCUT2D eigenvalue weighted by Gasteiger charge is 2.03. The van der Waals surface area contributed by atoms with Crippen molar-refractivity contribution in [3.8, 4) is 0 Å². The van der Waals surface area contributed by atoms with Gasteiger partial charge in [-0.3, -0.25) is 4.79 Å². The van der Waals surface area contributed by atoms with Crippen LogP contribution in [0.5, 0.6) is 0 Å².